The zero-order chi connectivity index (χ0) is 13.2. The van der Waals surface area contributed by atoms with Crippen LogP contribution in [-0.4, -0.2) is 41.5 Å². The van der Waals surface area contributed by atoms with Crippen LogP contribution in [0.5, 0.6) is 0 Å². The Hall–Kier alpha value is -0.410. The number of aliphatic hydroxyl groups is 1. The highest BCUT2D eigenvalue weighted by molar-refractivity contribution is 5.88. The van der Waals surface area contributed by atoms with Gasteiger partial charge < -0.3 is 5.11 Å². The normalized spacial score (nSPS) is 32.3. The van der Waals surface area contributed by atoms with Gasteiger partial charge in [0.15, 0.2) is 0 Å². The Morgan fingerprint density at radius 3 is 2.78 bits per heavy atom. The van der Waals surface area contributed by atoms with E-state index in [9.17, 15) is 4.79 Å². The first kappa shape index (κ1) is 14.0. The molecule has 0 aromatic carbocycles. The molecule has 3 heteroatoms. The second-order valence-electron chi connectivity index (χ2n) is 6.64. The van der Waals surface area contributed by atoms with Crippen LogP contribution in [0.15, 0.2) is 0 Å². The van der Waals surface area contributed by atoms with Crippen molar-refractivity contribution >= 4 is 5.78 Å². The average molecular weight is 253 g/mol. The van der Waals surface area contributed by atoms with Crippen molar-refractivity contribution in [2.24, 2.45) is 11.3 Å². The number of likely N-dealkylation sites (tertiary alicyclic amines) is 1. The highest BCUT2D eigenvalue weighted by Gasteiger charge is 2.41. The van der Waals surface area contributed by atoms with Crippen molar-refractivity contribution in [2.45, 2.75) is 58.4 Å². The molecule has 2 unspecified atom stereocenters. The second kappa shape index (κ2) is 5.70. The maximum Gasteiger partial charge on any atom is 0.142 e. The molecule has 0 bridgehead atoms. The summed E-state index contributed by atoms with van der Waals surface area (Å²) in [5, 5.41) is 8.94. The third kappa shape index (κ3) is 2.94. The van der Waals surface area contributed by atoms with E-state index in [2.05, 4.69) is 18.7 Å². The molecule has 2 atom stereocenters. The summed E-state index contributed by atoms with van der Waals surface area (Å²) in [6.07, 6.45) is 6.58. The number of nitrogens with zero attached hydrogens (tertiary/aromatic N) is 1. The standard InChI is InChI=1S/C15H27NO2/c1-15(2)8-7-12(14(15)18)11-16-9-3-5-13(16)6-4-10-17/h12-13,17H,3-11H2,1-2H3. The number of hydrogen-bond donors (Lipinski definition) is 1. The van der Waals surface area contributed by atoms with Crippen LogP contribution in [0.2, 0.25) is 0 Å². The highest BCUT2D eigenvalue weighted by atomic mass is 16.2. The Bertz CT molecular complexity index is 301. The van der Waals surface area contributed by atoms with Gasteiger partial charge in [-0.1, -0.05) is 13.8 Å². The van der Waals surface area contributed by atoms with Crippen LogP contribution in [-0.2, 0) is 4.79 Å². The SMILES string of the molecule is CC1(C)CCC(CN2CCCC2CCCO)C1=O. The first-order valence-electron chi connectivity index (χ1n) is 7.44. The van der Waals surface area contributed by atoms with Gasteiger partial charge in [-0.25, -0.2) is 0 Å². The monoisotopic (exact) mass is 253 g/mol. The van der Waals surface area contributed by atoms with Gasteiger partial charge in [0.05, 0.1) is 0 Å². The zero-order valence-electron chi connectivity index (χ0n) is 11.8. The van der Waals surface area contributed by atoms with Crippen LogP contribution in [0, 0.1) is 11.3 Å². The minimum atomic E-state index is -0.0923. The number of hydrogen-bond acceptors (Lipinski definition) is 3. The molecule has 3 nitrogen and oxygen atoms in total. The van der Waals surface area contributed by atoms with E-state index in [0.717, 1.165) is 38.8 Å². The van der Waals surface area contributed by atoms with Crippen molar-refractivity contribution in [3.05, 3.63) is 0 Å². The Balaban J connectivity index is 1.87. The van der Waals surface area contributed by atoms with Crippen LogP contribution in [0.4, 0.5) is 0 Å². The van der Waals surface area contributed by atoms with Crippen molar-refractivity contribution < 1.29 is 9.90 Å². The van der Waals surface area contributed by atoms with E-state index in [1.807, 2.05) is 0 Å². The molecule has 0 spiro atoms. The topological polar surface area (TPSA) is 40.5 Å². The Morgan fingerprint density at radius 1 is 1.39 bits per heavy atom. The van der Waals surface area contributed by atoms with E-state index in [0.29, 0.717) is 18.4 Å². The van der Waals surface area contributed by atoms with Gasteiger partial charge in [-0.15, -0.1) is 0 Å². The predicted octanol–water partition coefficient (Wildman–Crippen LogP) is 2.23. The summed E-state index contributed by atoms with van der Waals surface area (Å²) in [6.45, 7) is 6.56. The van der Waals surface area contributed by atoms with Crippen LogP contribution in [0.25, 0.3) is 0 Å². The molecule has 1 heterocycles. The predicted molar refractivity (Wildman–Crippen MR) is 72.4 cm³/mol. The smallest absolute Gasteiger partial charge is 0.142 e. The van der Waals surface area contributed by atoms with Gasteiger partial charge in [0.25, 0.3) is 0 Å². The molecule has 1 aliphatic carbocycles. The Morgan fingerprint density at radius 2 is 2.17 bits per heavy atom. The van der Waals surface area contributed by atoms with Crippen LogP contribution in [0.3, 0.4) is 0 Å². The first-order chi connectivity index (χ1) is 8.54. The number of aliphatic hydroxyl groups excluding tert-OH is 1. The fraction of sp³-hybridized carbons (Fsp3) is 0.933. The molecular formula is C15H27NO2. The molecule has 2 rings (SSSR count). The van der Waals surface area contributed by atoms with E-state index in [1.165, 1.54) is 12.8 Å². The van der Waals surface area contributed by atoms with Gasteiger partial charge in [0.1, 0.15) is 5.78 Å². The van der Waals surface area contributed by atoms with Crippen molar-refractivity contribution in [2.75, 3.05) is 19.7 Å². The fourth-order valence-electron chi connectivity index (χ4n) is 3.59. The number of carbonyl (C=O) groups excluding carboxylic acids is 1. The van der Waals surface area contributed by atoms with Crippen molar-refractivity contribution in [3.63, 3.8) is 0 Å². The maximum absolute atomic E-state index is 12.3. The van der Waals surface area contributed by atoms with Crippen molar-refractivity contribution in [3.8, 4) is 0 Å². The summed E-state index contributed by atoms with van der Waals surface area (Å²) in [5.41, 5.74) is -0.0923. The average Bonchev–Trinajstić information content (AvgIpc) is 2.87. The third-order valence-corrected chi connectivity index (χ3v) is 4.81. The van der Waals surface area contributed by atoms with E-state index in [4.69, 9.17) is 5.11 Å². The van der Waals surface area contributed by atoms with Crippen LogP contribution < -0.4 is 0 Å². The summed E-state index contributed by atoms with van der Waals surface area (Å²) < 4.78 is 0. The van der Waals surface area contributed by atoms with Crippen LogP contribution >= 0.6 is 0 Å². The number of rotatable bonds is 5. The van der Waals surface area contributed by atoms with Gasteiger partial charge in [-0.3, -0.25) is 9.69 Å². The molecule has 0 radical (unpaired) electrons. The molecule has 0 amide bonds. The fourth-order valence-corrected chi connectivity index (χ4v) is 3.59. The molecule has 1 saturated heterocycles. The van der Waals surface area contributed by atoms with E-state index in [-0.39, 0.29) is 11.3 Å². The highest BCUT2D eigenvalue weighted by Crippen LogP contribution is 2.38. The lowest BCUT2D eigenvalue weighted by Crippen LogP contribution is -2.37. The van der Waals surface area contributed by atoms with E-state index >= 15 is 0 Å². The summed E-state index contributed by atoms with van der Waals surface area (Å²) in [5.74, 6) is 0.727. The minimum Gasteiger partial charge on any atom is -0.396 e. The number of ketones is 1. The molecule has 0 aromatic heterocycles. The largest absolute Gasteiger partial charge is 0.396 e. The molecule has 2 aliphatic rings. The molecule has 104 valence electrons. The molecule has 1 saturated carbocycles. The van der Waals surface area contributed by atoms with Gasteiger partial charge in [-0.05, 0) is 45.1 Å². The molecular weight excluding hydrogens is 226 g/mol. The molecule has 2 fully saturated rings. The first-order valence-corrected chi connectivity index (χ1v) is 7.44. The summed E-state index contributed by atoms with van der Waals surface area (Å²) in [7, 11) is 0. The lowest BCUT2D eigenvalue weighted by molar-refractivity contribution is -0.128. The lowest BCUT2D eigenvalue weighted by Gasteiger charge is -2.27. The van der Waals surface area contributed by atoms with Crippen LogP contribution in [0.1, 0.15) is 52.4 Å². The third-order valence-electron chi connectivity index (χ3n) is 4.81. The summed E-state index contributed by atoms with van der Waals surface area (Å²) in [4.78, 5) is 14.8. The minimum absolute atomic E-state index is 0.0923. The lowest BCUT2D eigenvalue weighted by atomic mass is 9.89. The molecule has 1 N–H and O–H groups in total. The quantitative estimate of drug-likeness (QED) is 0.817. The van der Waals surface area contributed by atoms with Crippen molar-refractivity contribution in [1.82, 2.24) is 4.90 Å². The zero-order valence-corrected chi connectivity index (χ0v) is 11.8. The number of Topliss-reactive ketones (excluding diaryl/α,β-unsaturated/α-hetero) is 1. The number of carbonyl (C=O) groups is 1. The Labute approximate surface area is 111 Å². The van der Waals surface area contributed by atoms with E-state index in [1.54, 1.807) is 0 Å². The molecule has 1 aliphatic heterocycles. The molecule has 0 aromatic rings. The van der Waals surface area contributed by atoms with Gasteiger partial charge >= 0.3 is 0 Å². The van der Waals surface area contributed by atoms with Gasteiger partial charge in [0.2, 0.25) is 0 Å². The molecule has 18 heavy (non-hydrogen) atoms. The van der Waals surface area contributed by atoms with Gasteiger partial charge in [0, 0.05) is 30.5 Å². The van der Waals surface area contributed by atoms with Gasteiger partial charge in [-0.2, -0.15) is 0 Å². The maximum atomic E-state index is 12.3. The Kier molecular flexibility index (Phi) is 4.44. The van der Waals surface area contributed by atoms with Crippen molar-refractivity contribution in [1.29, 1.82) is 0 Å². The summed E-state index contributed by atoms with van der Waals surface area (Å²) in [6, 6.07) is 0.605. The summed E-state index contributed by atoms with van der Waals surface area (Å²) >= 11 is 0. The van der Waals surface area contributed by atoms with E-state index < -0.39 is 0 Å². The second-order valence-corrected chi connectivity index (χ2v) is 6.64.